The Morgan fingerprint density at radius 3 is 1.78 bits per heavy atom. The van der Waals surface area contributed by atoms with E-state index in [0.717, 1.165) is 12.0 Å². The number of nitrogens with one attached hydrogen (secondary N) is 2. The van der Waals surface area contributed by atoms with Crippen LogP contribution in [0.2, 0.25) is 0 Å². The summed E-state index contributed by atoms with van der Waals surface area (Å²) >= 11 is 0. The number of ether oxygens (including phenoxy) is 10. The van der Waals surface area contributed by atoms with Crippen molar-refractivity contribution in [3.05, 3.63) is 60.2 Å². The predicted molar refractivity (Wildman–Crippen MR) is 208 cm³/mol. The van der Waals surface area contributed by atoms with Gasteiger partial charge in [0.05, 0.1) is 74.9 Å². The zero-order valence-corrected chi connectivity index (χ0v) is 34.4. The predicted octanol–water partition coefficient (Wildman–Crippen LogP) is 4.03. The minimum atomic E-state index is -4.28. The highest BCUT2D eigenvalue weighted by Gasteiger charge is 2.47. The highest BCUT2D eigenvalue weighted by atomic mass is 32.2. The average Bonchev–Trinajstić information content (AvgIpc) is 4.07. The molecule has 6 aliphatic rings. The van der Waals surface area contributed by atoms with Crippen LogP contribution in [0, 0.1) is 23.7 Å². The molecule has 6 aliphatic heterocycles. The molecular weight excluding hydrogens is 807 g/mol. The monoisotopic (exact) mass is 859 g/mol. The van der Waals surface area contributed by atoms with Gasteiger partial charge in [-0.3, -0.25) is 5.32 Å². The molecule has 18 nitrogen and oxygen atoms in total. The van der Waals surface area contributed by atoms with E-state index >= 15 is 0 Å². The molecule has 60 heavy (non-hydrogen) atoms. The van der Waals surface area contributed by atoms with Gasteiger partial charge >= 0.3 is 18.3 Å². The third-order valence-corrected chi connectivity index (χ3v) is 13.6. The van der Waals surface area contributed by atoms with E-state index in [0.29, 0.717) is 38.3 Å². The fraction of sp³-hybridized carbons (Fsp3) is 0.634. The van der Waals surface area contributed by atoms with E-state index in [1.54, 1.807) is 0 Å². The highest BCUT2D eigenvalue weighted by molar-refractivity contribution is 7.89. The molecule has 6 heterocycles. The second-order valence-corrected chi connectivity index (χ2v) is 18.3. The van der Waals surface area contributed by atoms with Crippen molar-refractivity contribution in [2.24, 2.45) is 23.7 Å². The highest BCUT2D eigenvalue weighted by Crippen LogP contribution is 2.35. The Morgan fingerprint density at radius 2 is 1.23 bits per heavy atom. The van der Waals surface area contributed by atoms with Gasteiger partial charge in [-0.2, -0.15) is 4.31 Å². The molecule has 2 aromatic carbocycles. The molecule has 2 amide bonds. The van der Waals surface area contributed by atoms with Crippen molar-refractivity contribution in [3.63, 3.8) is 0 Å². The minimum Gasteiger partial charge on any atom is -0.443 e. The number of carbonyl (C=O) groups excluding carboxylic acids is 3. The van der Waals surface area contributed by atoms with E-state index in [4.69, 9.17) is 47.4 Å². The van der Waals surface area contributed by atoms with Gasteiger partial charge in [0.1, 0.15) is 24.4 Å². The number of carbonyl (C=O) groups is 3. The second-order valence-electron chi connectivity index (χ2n) is 16.3. The Kier molecular flexibility index (Phi) is 13.4. The molecule has 6 saturated heterocycles. The van der Waals surface area contributed by atoms with Crippen LogP contribution >= 0.6 is 0 Å². The Hall–Kier alpha value is -4.08. The molecule has 328 valence electrons. The molecule has 11 atom stereocenters. The molecule has 0 radical (unpaired) electrons. The van der Waals surface area contributed by atoms with Gasteiger partial charge < -0.3 is 52.7 Å². The summed E-state index contributed by atoms with van der Waals surface area (Å²) in [7, 11) is -4.28. The van der Waals surface area contributed by atoms with Gasteiger partial charge in [0.15, 0.2) is 18.9 Å². The van der Waals surface area contributed by atoms with Crippen molar-refractivity contribution in [2.45, 2.75) is 93.8 Å². The first-order valence-corrected chi connectivity index (χ1v) is 22.1. The lowest BCUT2D eigenvalue weighted by Crippen LogP contribution is -2.53. The van der Waals surface area contributed by atoms with E-state index in [1.807, 2.05) is 44.2 Å². The first kappa shape index (κ1) is 42.6. The summed E-state index contributed by atoms with van der Waals surface area (Å²) < 4.78 is 87.2. The number of sulfonamides is 1. The number of amides is 2. The minimum absolute atomic E-state index is 0.0292. The largest absolute Gasteiger partial charge is 0.509 e. The summed E-state index contributed by atoms with van der Waals surface area (Å²) in [5.74, 6) is -0.514. The molecule has 0 aromatic heterocycles. The van der Waals surface area contributed by atoms with Gasteiger partial charge in [-0.1, -0.05) is 44.2 Å². The van der Waals surface area contributed by atoms with Crippen LogP contribution in [0.25, 0.3) is 0 Å². The Labute approximate surface area is 348 Å². The maximum atomic E-state index is 14.5. The molecule has 6 fully saturated rings. The molecule has 0 saturated carbocycles. The first-order valence-electron chi connectivity index (χ1n) is 20.7. The molecule has 0 bridgehead atoms. The van der Waals surface area contributed by atoms with Crippen molar-refractivity contribution in [1.29, 1.82) is 0 Å². The maximum absolute atomic E-state index is 14.5. The van der Waals surface area contributed by atoms with Crippen LogP contribution in [-0.2, 0) is 63.8 Å². The zero-order valence-electron chi connectivity index (χ0n) is 33.6. The van der Waals surface area contributed by atoms with Gasteiger partial charge in [0.2, 0.25) is 10.0 Å². The lowest BCUT2D eigenvalue weighted by Gasteiger charge is -2.33. The molecular formula is C41H53N3O15S. The maximum Gasteiger partial charge on any atom is 0.509 e. The molecule has 0 unspecified atom stereocenters. The normalized spacial score (nSPS) is 30.4. The molecule has 2 N–H and O–H groups in total. The number of anilines is 1. The zero-order chi connectivity index (χ0) is 41.8. The number of fused-ring (bicyclic) bond motifs is 3. The van der Waals surface area contributed by atoms with Crippen LogP contribution < -0.4 is 10.6 Å². The van der Waals surface area contributed by atoms with Crippen molar-refractivity contribution < 1.29 is 70.2 Å². The summed E-state index contributed by atoms with van der Waals surface area (Å²) in [5.41, 5.74) is 1.10. The summed E-state index contributed by atoms with van der Waals surface area (Å²) in [6.45, 7) is 5.39. The lowest BCUT2D eigenvalue weighted by atomic mass is 10.0. The van der Waals surface area contributed by atoms with Crippen LogP contribution in [0.3, 0.4) is 0 Å². The Bertz CT molecular complexity index is 1910. The van der Waals surface area contributed by atoms with Crippen LogP contribution in [0.4, 0.5) is 20.1 Å². The van der Waals surface area contributed by atoms with Crippen LogP contribution in [-0.4, -0.2) is 133 Å². The first-order chi connectivity index (χ1) is 29.0. The number of rotatable bonds is 15. The van der Waals surface area contributed by atoms with Crippen LogP contribution in [0.1, 0.15) is 38.7 Å². The number of nitrogens with zero attached hydrogens (tertiary/aromatic N) is 1. The lowest BCUT2D eigenvalue weighted by molar-refractivity contribution is -0.0910. The molecule has 2 aromatic rings. The van der Waals surface area contributed by atoms with Crippen LogP contribution in [0.15, 0.2) is 59.5 Å². The number of hydrogen-bond acceptors (Lipinski definition) is 15. The van der Waals surface area contributed by atoms with Gasteiger partial charge in [-0.15, -0.1) is 0 Å². The topological polar surface area (TPSA) is 205 Å². The van der Waals surface area contributed by atoms with Gasteiger partial charge in [0, 0.05) is 12.2 Å². The fourth-order valence-corrected chi connectivity index (χ4v) is 10.3. The standard InChI is InChI=1S/C41H53N3O15S/c1-24(2)19-44(60(48,49)27-10-8-26(9-11-27)42-39(45)56-33-21-53-36-28(33)12-15-50-36)20-32(58-41(47)59-35-23-55-38-30(35)14-17-52-38)31(18-25-6-4-3-5-7-25)43-40(46)57-34-22-54-37-29(34)13-16-51-37/h3-11,24,28-38H,12-23H2,1-2H3,(H,42,45)(H,43,46)/t28-,29+,30+,31+,32-,33-,34+,35+,36+,37-,38-/m1/s1. The molecule has 0 spiro atoms. The second kappa shape index (κ2) is 18.9. The van der Waals surface area contributed by atoms with E-state index in [9.17, 15) is 22.8 Å². The Morgan fingerprint density at radius 1 is 0.700 bits per heavy atom. The smallest absolute Gasteiger partial charge is 0.443 e. The number of hydrogen-bond donors (Lipinski definition) is 2. The summed E-state index contributed by atoms with van der Waals surface area (Å²) in [6.07, 6.45) is -4.62. The summed E-state index contributed by atoms with van der Waals surface area (Å²) in [6, 6.07) is 13.9. The quantitative estimate of drug-likeness (QED) is 0.192. The van der Waals surface area contributed by atoms with Crippen LogP contribution in [0.5, 0.6) is 0 Å². The van der Waals surface area contributed by atoms with Gasteiger partial charge in [-0.25, -0.2) is 22.8 Å². The average molecular weight is 860 g/mol. The summed E-state index contributed by atoms with van der Waals surface area (Å²) in [5, 5.41) is 5.56. The van der Waals surface area contributed by atoms with E-state index in [1.165, 1.54) is 28.6 Å². The Balaban J connectivity index is 1.02. The van der Waals surface area contributed by atoms with E-state index in [-0.39, 0.29) is 74.2 Å². The third kappa shape index (κ3) is 9.99. The molecule has 19 heteroatoms. The summed E-state index contributed by atoms with van der Waals surface area (Å²) in [4.78, 5) is 40.1. The third-order valence-electron chi connectivity index (χ3n) is 11.7. The number of alkyl carbamates (subject to hydrolysis) is 1. The molecule has 0 aliphatic carbocycles. The van der Waals surface area contributed by atoms with Crippen molar-refractivity contribution >= 4 is 34.1 Å². The fourth-order valence-electron chi connectivity index (χ4n) is 8.65. The van der Waals surface area contributed by atoms with Crippen molar-refractivity contribution in [1.82, 2.24) is 9.62 Å². The van der Waals surface area contributed by atoms with Crippen molar-refractivity contribution in [3.8, 4) is 0 Å². The van der Waals surface area contributed by atoms with E-state index < -0.39 is 71.4 Å². The SMILES string of the molecule is CC(C)CN(C[C@@H](OC(=O)O[C@H]1CO[C@H]2OCC[C@H]21)[C@H](Cc1ccccc1)NC(=O)O[C@H]1CO[C@H]2OCC[C@H]21)S(=O)(=O)c1ccc(NC(=O)O[C@@H]2CO[C@@H]3OCC[C@@H]32)cc1. The van der Waals surface area contributed by atoms with Crippen molar-refractivity contribution in [2.75, 3.05) is 58.0 Å². The number of benzene rings is 2. The van der Waals surface area contributed by atoms with E-state index in [2.05, 4.69) is 10.6 Å². The molecule has 8 rings (SSSR count). The van der Waals surface area contributed by atoms with Gasteiger partial charge in [-0.05, 0) is 61.4 Å². The van der Waals surface area contributed by atoms with Gasteiger partial charge in [0.25, 0.3) is 0 Å².